The van der Waals surface area contributed by atoms with Gasteiger partial charge in [0, 0.05) is 13.0 Å². The van der Waals surface area contributed by atoms with Crippen molar-refractivity contribution >= 4 is 5.97 Å². The normalized spacial score (nSPS) is 10.8. The van der Waals surface area contributed by atoms with Crippen molar-refractivity contribution in [1.82, 2.24) is 5.48 Å². The van der Waals surface area contributed by atoms with Crippen LogP contribution in [0.4, 0.5) is 0 Å². The molecule has 0 fully saturated rings. The number of nitrogens with one attached hydrogen (secondary N) is 1. The molecule has 0 saturated heterocycles. The van der Waals surface area contributed by atoms with Gasteiger partial charge in [0.1, 0.15) is 0 Å². The lowest BCUT2D eigenvalue weighted by molar-refractivity contribution is -0.137. The molecule has 1 aromatic rings. The maximum absolute atomic E-state index is 10.4. The first kappa shape index (κ1) is 19.7. The van der Waals surface area contributed by atoms with Crippen molar-refractivity contribution in [1.29, 1.82) is 0 Å². The summed E-state index contributed by atoms with van der Waals surface area (Å²) in [6.45, 7) is 0.753. The molecule has 0 bridgehead atoms. The molecule has 0 aliphatic carbocycles. The summed E-state index contributed by atoms with van der Waals surface area (Å²) in [6.07, 6.45) is 10.7. The summed E-state index contributed by atoms with van der Waals surface area (Å²) in [5.74, 6) is -0.675. The molecule has 0 spiro atoms. The number of rotatable bonds is 14. The molecule has 1 aromatic carbocycles. The summed E-state index contributed by atoms with van der Waals surface area (Å²) >= 11 is 0. The molecule has 0 aliphatic rings. The minimum Gasteiger partial charge on any atom is -0.481 e. The Labute approximate surface area is 140 Å². The Hall–Kier alpha value is -1.39. The van der Waals surface area contributed by atoms with Gasteiger partial charge in [0.25, 0.3) is 0 Å². The van der Waals surface area contributed by atoms with Crippen LogP contribution in [0, 0.1) is 0 Å². The number of carboxylic acids is 1. The Kier molecular flexibility index (Phi) is 11.2. The van der Waals surface area contributed by atoms with Crippen LogP contribution in [0.5, 0.6) is 0 Å². The zero-order valence-corrected chi connectivity index (χ0v) is 14.4. The number of carbonyl (C=O) groups is 1. The van der Waals surface area contributed by atoms with E-state index in [1.165, 1.54) is 49.7 Å². The lowest BCUT2D eigenvalue weighted by atomic mass is 10.00. The van der Waals surface area contributed by atoms with Gasteiger partial charge in [-0.25, -0.2) is 0 Å². The van der Waals surface area contributed by atoms with Crippen molar-refractivity contribution < 1.29 is 14.7 Å². The summed E-state index contributed by atoms with van der Waals surface area (Å²) in [6, 6.07) is 8.52. The van der Waals surface area contributed by atoms with E-state index in [2.05, 4.69) is 29.7 Å². The van der Waals surface area contributed by atoms with Crippen LogP contribution in [0.2, 0.25) is 0 Å². The third kappa shape index (κ3) is 10.1. The molecule has 0 unspecified atom stereocenters. The van der Waals surface area contributed by atoms with Crippen molar-refractivity contribution in [3.05, 3.63) is 35.4 Å². The molecule has 2 N–H and O–H groups in total. The highest BCUT2D eigenvalue weighted by Crippen LogP contribution is 2.15. The first-order valence-electron chi connectivity index (χ1n) is 8.78. The van der Waals surface area contributed by atoms with Crippen LogP contribution in [-0.2, 0) is 22.6 Å². The van der Waals surface area contributed by atoms with Gasteiger partial charge in [-0.05, 0) is 30.4 Å². The first-order chi connectivity index (χ1) is 11.2. The van der Waals surface area contributed by atoms with Crippen LogP contribution in [0.1, 0.15) is 68.9 Å². The van der Waals surface area contributed by atoms with Gasteiger partial charge in [0.05, 0.1) is 7.11 Å². The molecule has 130 valence electrons. The smallest absolute Gasteiger partial charge is 0.303 e. The third-order valence-corrected chi connectivity index (χ3v) is 4.11. The van der Waals surface area contributed by atoms with Crippen molar-refractivity contribution in [3.8, 4) is 0 Å². The number of hydroxylamine groups is 1. The molecule has 4 nitrogen and oxygen atoms in total. The van der Waals surface area contributed by atoms with Gasteiger partial charge in [0.2, 0.25) is 0 Å². The van der Waals surface area contributed by atoms with E-state index in [0.717, 1.165) is 25.8 Å². The first-order valence-corrected chi connectivity index (χ1v) is 8.78. The topological polar surface area (TPSA) is 58.6 Å². The maximum atomic E-state index is 10.4. The molecule has 0 aliphatic heterocycles. The Morgan fingerprint density at radius 2 is 1.52 bits per heavy atom. The molecule has 0 heterocycles. The molecular weight excluding hydrogens is 290 g/mol. The van der Waals surface area contributed by atoms with Crippen molar-refractivity contribution in [2.24, 2.45) is 0 Å². The van der Waals surface area contributed by atoms with E-state index in [1.54, 1.807) is 7.11 Å². The van der Waals surface area contributed by atoms with Gasteiger partial charge in [-0.1, -0.05) is 62.8 Å². The lowest BCUT2D eigenvalue weighted by Gasteiger charge is -2.09. The second-order valence-corrected chi connectivity index (χ2v) is 6.02. The Bertz CT molecular complexity index is 434. The SMILES string of the molecule is CONCc1ccccc1CCCCCCCCCCC(=O)O. The molecular formula is C19H31NO3. The molecule has 23 heavy (non-hydrogen) atoms. The Morgan fingerprint density at radius 3 is 2.13 bits per heavy atom. The summed E-state index contributed by atoms with van der Waals surface area (Å²) in [7, 11) is 1.64. The summed E-state index contributed by atoms with van der Waals surface area (Å²) in [4.78, 5) is 15.3. The number of carboxylic acid groups (broad SMARTS) is 1. The van der Waals surface area contributed by atoms with E-state index in [-0.39, 0.29) is 0 Å². The standard InChI is InChI=1S/C19H31NO3/c1-23-20-16-18-14-11-10-13-17(18)12-8-6-4-2-3-5-7-9-15-19(21)22/h10-11,13-14,20H,2-9,12,15-16H2,1H3,(H,21,22). The molecule has 0 radical (unpaired) electrons. The van der Waals surface area contributed by atoms with Crippen LogP contribution in [0.3, 0.4) is 0 Å². The van der Waals surface area contributed by atoms with Gasteiger partial charge < -0.3 is 9.94 Å². The molecule has 0 atom stereocenters. The van der Waals surface area contributed by atoms with Gasteiger partial charge in [-0.3, -0.25) is 4.79 Å². The molecule has 0 aromatic heterocycles. The van der Waals surface area contributed by atoms with Crippen molar-refractivity contribution in [2.75, 3.05) is 7.11 Å². The maximum Gasteiger partial charge on any atom is 0.303 e. The largest absolute Gasteiger partial charge is 0.481 e. The van der Waals surface area contributed by atoms with Crippen LogP contribution in [-0.4, -0.2) is 18.2 Å². The van der Waals surface area contributed by atoms with E-state index in [9.17, 15) is 4.79 Å². The molecule has 0 saturated carbocycles. The minimum absolute atomic E-state index is 0.317. The van der Waals surface area contributed by atoms with Crippen molar-refractivity contribution in [2.45, 2.75) is 70.8 Å². The van der Waals surface area contributed by atoms with Gasteiger partial charge in [0.15, 0.2) is 0 Å². The number of unbranched alkanes of at least 4 members (excludes halogenated alkanes) is 7. The molecule has 4 heteroatoms. The van der Waals surface area contributed by atoms with Gasteiger partial charge in [-0.15, -0.1) is 0 Å². The summed E-state index contributed by atoms with van der Waals surface area (Å²) in [5, 5.41) is 8.56. The van der Waals surface area contributed by atoms with E-state index in [4.69, 9.17) is 9.94 Å². The zero-order chi connectivity index (χ0) is 16.8. The second-order valence-electron chi connectivity index (χ2n) is 6.02. The van der Waals surface area contributed by atoms with Crippen LogP contribution in [0.15, 0.2) is 24.3 Å². The highest BCUT2D eigenvalue weighted by atomic mass is 16.6. The quantitative estimate of drug-likeness (QED) is 0.392. The number of hydrogen-bond acceptors (Lipinski definition) is 3. The van der Waals surface area contributed by atoms with E-state index >= 15 is 0 Å². The summed E-state index contributed by atoms with van der Waals surface area (Å²) in [5.41, 5.74) is 5.63. The van der Waals surface area contributed by atoms with Crippen LogP contribution >= 0.6 is 0 Å². The zero-order valence-electron chi connectivity index (χ0n) is 14.4. The van der Waals surface area contributed by atoms with E-state index in [0.29, 0.717) is 6.42 Å². The lowest BCUT2D eigenvalue weighted by Crippen LogP contribution is -2.12. The van der Waals surface area contributed by atoms with Gasteiger partial charge >= 0.3 is 5.97 Å². The summed E-state index contributed by atoms with van der Waals surface area (Å²) < 4.78 is 0. The highest BCUT2D eigenvalue weighted by Gasteiger charge is 2.01. The van der Waals surface area contributed by atoms with Crippen LogP contribution < -0.4 is 5.48 Å². The fourth-order valence-corrected chi connectivity index (χ4v) is 2.78. The second kappa shape index (κ2) is 13.1. The average molecular weight is 321 g/mol. The monoisotopic (exact) mass is 321 g/mol. The third-order valence-electron chi connectivity index (χ3n) is 4.11. The number of aliphatic carboxylic acids is 1. The Morgan fingerprint density at radius 1 is 0.957 bits per heavy atom. The predicted molar refractivity (Wildman–Crippen MR) is 93.2 cm³/mol. The van der Waals surface area contributed by atoms with Gasteiger partial charge in [-0.2, -0.15) is 5.48 Å². The molecule has 0 amide bonds. The minimum atomic E-state index is -0.675. The molecule has 1 rings (SSSR count). The fraction of sp³-hybridized carbons (Fsp3) is 0.632. The number of hydrogen-bond donors (Lipinski definition) is 2. The Balaban J connectivity index is 2.03. The van der Waals surface area contributed by atoms with Crippen LogP contribution in [0.25, 0.3) is 0 Å². The number of aryl methyl sites for hydroxylation is 1. The van der Waals surface area contributed by atoms with Crippen molar-refractivity contribution in [3.63, 3.8) is 0 Å². The highest BCUT2D eigenvalue weighted by molar-refractivity contribution is 5.66. The average Bonchev–Trinajstić information content (AvgIpc) is 2.55. The van der Waals surface area contributed by atoms with E-state index < -0.39 is 5.97 Å². The van der Waals surface area contributed by atoms with E-state index in [1.807, 2.05) is 0 Å². The number of benzene rings is 1. The predicted octanol–water partition coefficient (Wildman–Crippen LogP) is 4.48. The fourth-order valence-electron chi connectivity index (χ4n) is 2.78.